The van der Waals surface area contributed by atoms with Gasteiger partial charge in [0.1, 0.15) is 5.75 Å². The summed E-state index contributed by atoms with van der Waals surface area (Å²) in [5.74, 6) is 0.640. The highest BCUT2D eigenvalue weighted by Crippen LogP contribution is 2.31. The largest absolute Gasteiger partial charge is 0.496 e. The van der Waals surface area contributed by atoms with Crippen molar-refractivity contribution >= 4 is 31.6 Å². The SMILES string of the molecule is COc1cc(Br)cc(NS(=O)(=O)C(C)C)c1C. The maximum absolute atomic E-state index is 11.8. The van der Waals surface area contributed by atoms with Crippen LogP contribution in [0.3, 0.4) is 0 Å². The van der Waals surface area contributed by atoms with Crippen molar-refractivity contribution < 1.29 is 13.2 Å². The summed E-state index contributed by atoms with van der Waals surface area (Å²) in [5.41, 5.74) is 1.30. The molecular weight excluding hydrogens is 306 g/mol. The van der Waals surface area contributed by atoms with Gasteiger partial charge in [0, 0.05) is 10.0 Å². The number of ether oxygens (including phenoxy) is 1. The minimum atomic E-state index is -3.34. The summed E-state index contributed by atoms with van der Waals surface area (Å²) in [6.07, 6.45) is 0. The Labute approximate surface area is 111 Å². The van der Waals surface area contributed by atoms with Crippen LogP contribution in [0.25, 0.3) is 0 Å². The average molecular weight is 322 g/mol. The van der Waals surface area contributed by atoms with Crippen LogP contribution in [0.4, 0.5) is 5.69 Å². The van der Waals surface area contributed by atoms with Crippen LogP contribution in [0, 0.1) is 6.92 Å². The van der Waals surface area contributed by atoms with Crippen molar-refractivity contribution in [1.29, 1.82) is 0 Å². The molecule has 0 heterocycles. The van der Waals surface area contributed by atoms with Crippen molar-refractivity contribution in [3.8, 4) is 5.75 Å². The zero-order valence-corrected chi connectivity index (χ0v) is 12.6. The van der Waals surface area contributed by atoms with E-state index in [1.54, 1.807) is 33.1 Å². The van der Waals surface area contributed by atoms with Gasteiger partial charge in [-0.3, -0.25) is 4.72 Å². The number of hydrogen-bond acceptors (Lipinski definition) is 3. The molecule has 0 bridgehead atoms. The van der Waals surface area contributed by atoms with Gasteiger partial charge in [-0.2, -0.15) is 0 Å². The molecule has 0 amide bonds. The Bertz CT molecular complexity index is 512. The van der Waals surface area contributed by atoms with Crippen LogP contribution in [0.1, 0.15) is 19.4 Å². The third-order valence-corrected chi connectivity index (χ3v) is 4.62. The molecular formula is C11H16BrNO3S. The number of sulfonamides is 1. The van der Waals surface area contributed by atoms with E-state index in [9.17, 15) is 8.42 Å². The van der Waals surface area contributed by atoms with Gasteiger partial charge in [-0.1, -0.05) is 15.9 Å². The molecule has 1 rings (SSSR count). The number of benzene rings is 1. The molecule has 0 aliphatic rings. The summed E-state index contributed by atoms with van der Waals surface area (Å²) in [5, 5.41) is -0.480. The zero-order chi connectivity index (χ0) is 13.2. The van der Waals surface area contributed by atoms with Crippen LogP contribution in [-0.2, 0) is 10.0 Å². The molecule has 0 aromatic heterocycles. The van der Waals surface area contributed by atoms with Crippen LogP contribution in [0.15, 0.2) is 16.6 Å². The standard InChI is InChI=1S/C11H16BrNO3S/c1-7(2)17(14,15)13-10-5-9(12)6-11(16-4)8(10)3/h5-7,13H,1-4H3. The van der Waals surface area contributed by atoms with E-state index in [1.807, 2.05) is 6.92 Å². The van der Waals surface area contributed by atoms with Gasteiger partial charge in [-0.15, -0.1) is 0 Å². The molecule has 0 saturated heterocycles. The Kier molecular flexibility index (Phi) is 4.43. The Morgan fingerprint density at radius 2 is 1.94 bits per heavy atom. The number of methoxy groups -OCH3 is 1. The van der Waals surface area contributed by atoms with Gasteiger partial charge in [0.25, 0.3) is 0 Å². The lowest BCUT2D eigenvalue weighted by Gasteiger charge is -2.15. The molecule has 0 saturated carbocycles. The van der Waals surface area contributed by atoms with E-state index in [2.05, 4.69) is 20.7 Å². The van der Waals surface area contributed by atoms with Gasteiger partial charge in [0.15, 0.2) is 0 Å². The van der Waals surface area contributed by atoms with Crippen molar-refractivity contribution in [2.24, 2.45) is 0 Å². The lowest BCUT2D eigenvalue weighted by molar-refractivity contribution is 0.411. The first-order valence-corrected chi connectivity index (χ1v) is 7.47. The summed E-state index contributed by atoms with van der Waals surface area (Å²) in [7, 11) is -1.79. The topological polar surface area (TPSA) is 55.4 Å². The van der Waals surface area contributed by atoms with Gasteiger partial charge >= 0.3 is 0 Å². The summed E-state index contributed by atoms with van der Waals surface area (Å²) in [6, 6.07) is 3.51. The van der Waals surface area contributed by atoms with Gasteiger partial charge in [0.05, 0.1) is 18.0 Å². The van der Waals surface area contributed by atoms with Crippen molar-refractivity contribution in [2.45, 2.75) is 26.0 Å². The van der Waals surface area contributed by atoms with E-state index < -0.39 is 15.3 Å². The zero-order valence-electron chi connectivity index (χ0n) is 10.2. The predicted molar refractivity (Wildman–Crippen MR) is 73.1 cm³/mol. The monoisotopic (exact) mass is 321 g/mol. The van der Waals surface area contributed by atoms with E-state index in [-0.39, 0.29) is 0 Å². The molecule has 0 aliphatic heterocycles. The number of rotatable bonds is 4. The molecule has 0 aliphatic carbocycles. The van der Waals surface area contributed by atoms with E-state index in [1.165, 1.54) is 0 Å². The molecule has 0 radical (unpaired) electrons. The van der Waals surface area contributed by atoms with Crippen LogP contribution < -0.4 is 9.46 Å². The molecule has 6 heteroatoms. The molecule has 1 N–H and O–H groups in total. The van der Waals surface area contributed by atoms with Crippen LogP contribution >= 0.6 is 15.9 Å². The molecule has 0 spiro atoms. The minimum Gasteiger partial charge on any atom is -0.496 e. The normalized spacial score (nSPS) is 11.6. The predicted octanol–water partition coefficient (Wildman–Crippen LogP) is 2.92. The van der Waals surface area contributed by atoms with E-state index >= 15 is 0 Å². The lowest BCUT2D eigenvalue weighted by atomic mass is 10.2. The first kappa shape index (κ1) is 14.3. The van der Waals surface area contributed by atoms with Crippen LogP contribution in [0.2, 0.25) is 0 Å². The van der Waals surface area contributed by atoms with Gasteiger partial charge in [-0.25, -0.2) is 8.42 Å². The number of anilines is 1. The van der Waals surface area contributed by atoms with Crippen LogP contribution in [-0.4, -0.2) is 20.8 Å². The van der Waals surface area contributed by atoms with Gasteiger partial charge in [0.2, 0.25) is 10.0 Å². The Hall–Kier alpha value is -0.750. The van der Waals surface area contributed by atoms with E-state index in [0.717, 1.165) is 10.0 Å². The molecule has 0 fully saturated rings. The third kappa shape index (κ3) is 3.35. The highest BCUT2D eigenvalue weighted by molar-refractivity contribution is 9.10. The maximum Gasteiger partial charge on any atom is 0.235 e. The van der Waals surface area contributed by atoms with Gasteiger partial charge < -0.3 is 4.74 Å². The second-order valence-electron chi connectivity index (χ2n) is 3.98. The molecule has 4 nitrogen and oxygen atoms in total. The number of hydrogen-bond donors (Lipinski definition) is 1. The number of halogens is 1. The first-order valence-electron chi connectivity index (χ1n) is 5.13. The van der Waals surface area contributed by atoms with Gasteiger partial charge in [-0.05, 0) is 32.9 Å². The van der Waals surface area contributed by atoms with Crippen LogP contribution in [0.5, 0.6) is 5.75 Å². The van der Waals surface area contributed by atoms with Crippen molar-refractivity contribution in [3.05, 3.63) is 22.2 Å². The summed E-state index contributed by atoms with van der Waals surface area (Å²) >= 11 is 3.32. The fraction of sp³-hybridized carbons (Fsp3) is 0.455. The van der Waals surface area contributed by atoms with Crippen molar-refractivity contribution in [1.82, 2.24) is 0 Å². The molecule has 17 heavy (non-hydrogen) atoms. The molecule has 96 valence electrons. The highest BCUT2D eigenvalue weighted by atomic mass is 79.9. The first-order chi connectivity index (χ1) is 7.77. The van der Waals surface area contributed by atoms with Crippen molar-refractivity contribution in [2.75, 3.05) is 11.8 Å². The molecule has 1 aromatic rings. The maximum atomic E-state index is 11.8. The van der Waals surface area contributed by atoms with E-state index in [4.69, 9.17) is 4.74 Å². The van der Waals surface area contributed by atoms with E-state index in [0.29, 0.717) is 11.4 Å². The molecule has 0 unspecified atom stereocenters. The molecule has 1 aromatic carbocycles. The minimum absolute atomic E-state index is 0.480. The fourth-order valence-corrected chi connectivity index (χ4v) is 2.43. The Morgan fingerprint density at radius 1 is 1.35 bits per heavy atom. The second-order valence-corrected chi connectivity index (χ2v) is 7.13. The quantitative estimate of drug-likeness (QED) is 0.927. The second kappa shape index (κ2) is 5.27. The smallest absolute Gasteiger partial charge is 0.235 e. The molecule has 0 atom stereocenters. The van der Waals surface area contributed by atoms with Crippen molar-refractivity contribution in [3.63, 3.8) is 0 Å². The lowest BCUT2D eigenvalue weighted by Crippen LogP contribution is -2.23. The Morgan fingerprint density at radius 3 is 2.41 bits per heavy atom. The number of nitrogens with one attached hydrogen (secondary N) is 1. The summed E-state index contributed by atoms with van der Waals surface area (Å²) in [6.45, 7) is 5.07. The highest BCUT2D eigenvalue weighted by Gasteiger charge is 2.18. The fourth-order valence-electron chi connectivity index (χ4n) is 1.24. The summed E-state index contributed by atoms with van der Waals surface area (Å²) in [4.78, 5) is 0. The Balaban J connectivity index is 3.20. The summed E-state index contributed by atoms with van der Waals surface area (Å²) < 4.78 is 32.1. The third-order valence-electron chi connectivity index (χ3n) is 2.42. The average Bonchev–Trinajstić information content (AvgIpc) is 2.22.